The van der Waals surface area contributed by atoms with Gasteiger partial charge in [0.25, 0.3) is 0 Å². The smallest absolute Gasteiger partial charge is 0.134 e. The number of fused-ring (bicyclic) bond motifs is 15. The minimum absolute atomic E-state index is 0.509. The van der Waals surface area contributed by atoms with E-state index >= 15 is 0 Å². The highest BCUT2D eigenvalue weighted by molar-refractivity contribution is 6.10. The minimum Gasteiger partial charge on any atom is -0.309 e. The van der Waals surface area contributed by atoms with E-state index in [1.807, 2.05) is 0 Å². The largest absolute Gasteiger partial charge is 0.309 e. The number of nitrogens with zero attached hydrogens (tertiary/aromatic N) is 3. The van der Waals surface area contributed by atoms with Gasteiger partial charge in [-0.25, -0.2) is 4.98 Å². The van der Waals surface area contributed by atoms with Crippen LogP contribution in [0.3, 0.4) is 0 Å². The number of imidazole rings is 1. The maximum absolute atomic E-state index is 5.41. The Morgan fingerprint density at radius 3 is 1.85 bits per heavy atom. The summed E-state index contributed by atoms with van der Waals surface area (Å²) in [6, 6.07) is 59.8. The number of benzene rings is 7. The third kappa shape index (κ3) is 3.09. The molecular weight excluding hydrogens is 571 g/mol. The Morgan fingerprint density at radius 1 is 0.426 bits per heavy atom. The van der Waals surface area contributed by atoms with Crippen LogP contribution in [0.4, 0.5) is 0 Å². The van der Waals surface area contributed by atoms with Gasteiger partial charge in [0.05, 0.1) is 27.8 Å². The summed E-state index contributed by atoms with van der Waals surface area (Å²) in [5.41, 5.74) is 15.3. The van der Waals surface area contributed by atoms with Crippen LogP contribution in [0.25, 0.3) is 66.5 Å². The zero-order valence-electron chi connectivity index (χ0n) is 25.4. The van der Waals surface area contributed by atoms with Gasteiger partial charge < -0.3 is 4.57 Å². The van der Waals surface area contributed by atoms with Crippen LogP contribution in [0.15, 0.2) is 164 Å². The van der Waals surface area contributed by atoms with E-state index in [1.165, 1.54) is 72.1 Å². The molecule has 0 unspecified atom stereocenters. The molecule has 0 saturated heterocycles. The molecule has 0 atom stereocenters. The number of para-hydroxylation sites is 4. The lowest BCUT2D eigenvalue weighted by atomic mass is 9.72. The van der Waals surface area contributed by atoms with Crippen molar-refractivity contribution in [1.29, 1.82) is 0 Å². The highest BCUT2D eigenvalue weighted by Gasteiger charge is 2.54. The number of hydrogen-bond acceptors (Lipinski definition) is 1. The third-order valence-electron chi connectivity index (χ3n) is 10.5. The molecule has 47 heavy (non-hydrogen) atoms. The van der Waals surface area contributed by atoms with Gasteiger partial charge in [-0.05, 0) is 93.5 Å². The second-order valence-electron chi connectivity index (χ2n) is 12.8. The molecule has 0 saturated carbocycles. The third-order valence-corrected chi connectivity index (χ3v) is 10.5. The molecule has 1 aliphatic carbocycles. The average molecular weight is 598 g/mol. The molecule has 0 N–H and O–H groups in total. The average Bonchev–Trinajstić information content (AvgIpc) is 3.85. The van der Waals surface area contributed by atoms with E-state index in [0.29, 0.717) is 0 Å². The van der Waals surface area contributed by atoms with Gasteiger partial charge >= 0.3 is 0 Å². The van der Waals surface area contributed by atoms with Gasteiger partial charge in [-0.2, -0.15) is 0 Å². The molecule has 3 heterocycles. The van der Waals surface area contributed by atoms with Crippen molar-refractivity contribution >= 4 is 32.8 Å². The van der Waals surface area contributed by atoms with Crippen LogP contribution >= 0.6 is 0 Å². The summed E-state index contributed by atoms with van der Waals surface area (Å²) in [4.78, 5) is 5.41. The van der Waals surface area contributed by atoms with Crippen molar-refractivity contribution in [3.63, 3.8) is 0 Å². The quantitative estimate of drug-likeness (QED) is 0.194. The minimum atomic E-state index is -0.509. The van der Waals surface area contributed by atoms with Crippen LogP contribution in [0.1, 0.15) is 22.5 Å². The van der Waals surface area contributed by atoms with E-state index in [1.54, 1.807) is 0 Å². The molecule has 1 spiro atoms. The van der Waals surface area contributed by atoms with E-state index in [-0.39, 0.29) is 0 Å². The molecule has 0 fully saturated rings. The monoisotopic (exact) mass is 597 g/mol. The lowest BCUT2D eigenvalue weighted by molar-refractivity contribution is 0.738. The molecule has 3 nitrogen and oxygen atoms in total. The number of aromatic nitrogens is 3. The molecule has 2 aromatic heterocycles. The Morgan fingerprint density at radius 2 is 1.04 bits per heavy atom. The highest BCUT2D eigenvalue weighted by Crippen LogP contribution is 2.60. The Balaban J connectivity index is 1.20. The molecule has 7 aromatic carbocycles. The Labute approximate surface area is 271 Å². The zero-order valence-corrected chi connectivity index (χ0v) is 25.4. The molecule has 218 valence electrons. The first-order valence-corrected chi connectivity index (χ1v) is 16.2. The summed E-state index contributed by atoms with van der Waals surface area (Å²) in [7, 11) is 0. The normalized spacial score (nSPS) is 13.7. The van der Waals surface area contributed by atoms with Crippen molar-refractivity contribution in [2.75, 3.05) is 0 Å². The predicted octanol–water partition coefficient (Wildman–Crippen LogP) is 10.5. The van der Waals surface area contributed by atoms with Crippen LogP contribution in [-0.4, -0.2) is 14.1 Å². The van der Waals surface area contributed by atoms with Gasteiger partial charge in [-0.3, -0.25) is 4.57 Å². The fourth-order valence-electron chi connectivity index (χ4n) is 8.63. The van der Waals surface area contributed by atoms with Gasteiger partial charge in [0.1, 0.15) is 11.2 Å². The fraction of sp³-hybridized carbons (Fsp3) is 0.0227. The van der Waals surface area contributed by atoms with E-state index in [4.69, 9.17) is 4.98 Å². The summed E-state index contributed by atoms with van der Waals surface area (Å²) < 4.78 is 4.78. The van der Waals surface area contributed by atoms with Crippen molar-refractivity contribution in [2.45, 2.75) is 5.41 Å². The van der Waals surface area contributed by atoms with E-state index in [0.717, 1.165) is 16.9 Å². The summed E-state index contributed by atoms with van der Waals surface area (Å²) >= 11 is 0. The lowest BCUT2D eigenvalue weighted by Crippen LogP contribution is -2.27. The molecular formula is C44H27N3. The maximum atomic E-state index is 5.41. The van der Waals surface area contributed by atoms with Crippen LogP contribution in [0, 0.1) is 0 Å². The zero-order chi connectivity index (χ0) is 30.7. The van der Waals surface area contributed by atoms with E-state index < -0.39 is 5.41 Å². The molecule has 1 aliphatic heterocycles. The molecule has 0 bridgehead atoms. The molecule has 0 amide bonds. The lowest BCUT2D eigenvalue weighted by Gasteiger charge is -2.27. The summed E-state index contributed by atoms with van der Waals surface area (Å²) in [6.07, 6.45) is 0. The molecule has 0 radical (unpaired) electrons. The summed E-state index contributed by atoms with van der Waals surface area (Å²) in [5.74, 6) is 1.07. The fourth-order valence-corrected chi connectivity index (χ4v) is 8.63. The van der Waals surface area contributed by atoms with Crippen LogP contribution in [0.2, 0.25) is 0 Å². The molecule has 9 aromatic rings. The van der Waals surface area contributed by atoms with Crippen molar-refractivity contribution in [1.82, 2.24) is 14.1 Å². The van der Waals surface area contributed by atoms with E-state index in [2.05, 4.69) is 173 Å². The van der Waals surface area contributed by atoms with Crippen LogP contribution in [-0.2, 0) is 5.41 Å². The van der Waals surface area contributed by atoms with Gasteiger partial charge in [0.15, 0.2) is 0 Å². The first kappa shape index (κ1) is 25.1. The molecule has 3 heteroatoms. The second kappa shape index (κ2) is 8.96. The van der Waals surface area contributed by atoms with E-state index in [9.17, 15) is 0 Å². The first-order valence-electron chi connectivity index (χ1n) is 16.2. The van der Waals surface area contributed by atoms with Gasteiger partial charge in [0.2, 0.25) is 0 Å². The van der Waals surface area contributed by atoms with Crippen molar-refractivity contribution in [2.24, 2.45) is 0 Å². The standard InChI is InChI=1S/C44H27N3/c1-2-12-30(13-3-1)46-39-20-10-6-16-33(39)34-26-28(22-24-40(34)46)29-23-25-41-37(27-29)44(43-45-38-19-9-11-21-42(38)47(41)43)35-17-7-4-14-31(35)32-15-5-8-18-36(32)44/h1-27H. The van der Waals surface area contributed by atoms with Crippen LogP contribution < -0.4 is 0 Å². The topological polar surface area (TPSA) is 22.8 Å². The summed E-state index contributed by atoms with van der Waals surface area (Å²) in [5, 5.41) is 2.52. The summed E-state index contributed by atoms with van der Waals surface area (Å²) in [6.45, 7) is 0. The Kier molecular flexibility index (Phi) is 4.78. The van der Waals surface area contributed by atoms with Crippen molar-refractivity contribution in [3.05, 3.63) is 186 Å². The SMILES string of the molecule is c1ccc(-n2c3ccccc3c3cc(-c4ccc5c(c4)C4(c6ccccc6-c6ccccc64)c4nc6ccccc6n4-5)ccc32)cc1. The Bertz CT molecular complexity index is 2700. The molecule has 2 aliphatic rings. The number of hydrogen-bond donors (Lipinski definition) is 0. The van der Waals surface area contributed by atoms with Crippen molar-refractivity contribution in [3.8, 4) is 33.6 Å². The molecule has 11 rings (SSSR count). The Hall–Kier alpha value is -6.19. The van der Waals surface area contributed by atoms with Crippen molar-refractivity contribution < 1.29 is 0 Å². The highest BCUT2D eigenvalue weighted by atomic mass is 15.1. The van der Waals surface area contributed by atoms with Gasteiger partial charge in [-0.1, -0.05) is 109 Å². The van der Waals surface area contributed by atoms with Gasteiger partial charge in [-0.15, -0.1) is 0 Å². The maximum Gasteiger partial charge on any atom is 0.134 e. The van der Waals surface area contributed by atoms with Gasteiger partial charge in [0, 0.05) is 16.5 Å². The number of rotatable bonds is 2. The second-order valence-corrected chi connectivity index (χ2v) is 12.8. The first-order chi connectivity index (χ1) is 23.3. The predicted molar refractivity (Wildman–Crippen MR) is 192 cm³/mol. The van der Waals surface area contributed by atoms with Crippen LogP contribution in [0.5, 0.6) is 0 Å².